The van der Waals surface area contributed by atoms with Crippen molar-refractivity contribution >= 4 is 5.91 Å². The first-order chi connectivity index (χ1) is 23.5. The molecule has 0 unspecified atom stereocenters. The molecule has 0 aliphatic carbocycles. The SMILES string of the molecule is CCCCCCCCCCCCCCCCCCCCCC[C@H](O)C(=O)N[C@@H](CO)[C@H](O)[C@H](O)CCCCCCCCCCCCCC. The maximum atomic E-state index is 12.5. The summed E-state index contributed by atoms with van der Waals surface area (Å²) in [6, 6.07) is -0.977. The van der Waals surface area contributed by atoms with Crippen LogP contribution in [0.15, 0.2) is 0 Å². The summed E-state index contributed by atoms with van der Waals surface area (Å²) < 4.78 is 0. The Morgan fingerprint density at radius 1 is 0.438 bits per heavy atom. The quantitative estimate of drug-likeness (QED) is 0.0414. The molecule has 0 fully saturated rings. The lowest BCUT2D eigenvalue weighted by molar-refractivity contribution is -0.132. The number of hydrogen-bond acceptors (Lipinski definition) is 5. The normalized spacial score (nSPS) is 14.2. The monoisotopic (exact) mass is 684 g/mol. The van der Waals surface area contributed by atoms with Crippen molar-refractivity contribution in [3.8, 4) is 0 Å². The zero-order valence-electron chi connectivity index (χ0n) is 32.3. The van der Waals surface area contributed by atoms with Crippen LogP contribution in [0, 0.1) is 0 Å². The molecule has 0 aliphatic heterocycles. The van der Waals surface area contributed by atoms with Gasteiger partial charge in [0, 0.05) is 0 Å². The molecule has 0 saturated heterocycles. The fourth-order valence-corrected chi connectivity index (χ4v) is 6.88. The van der Waals surface area contributed by atoms with Gasteiger partial charge in [0.1, 0.15) is 12.2 Å². The van der Waals surface area contributed by atoms with E-state index in [9.17, 15) is 25.2 Å². The second-order valence-corrected chi connectivity index (χ2v) is 15.1. The maximum Gasteiger partial charge on any atom is 0.249 e. The summed E-state index contributed by atoms with van der Waals surface area (Å²) in [6.45, 7) is 4.05. The number of amides is 1. The zero-order chi connectivity index (χ0) is 35.3. The van der Waals surface area contributed by atoms with Crippen LogP contribution in [0.1, 0.15) is 232 Å². The third kappa shape index (κ3) is 31.3. The molecular weight excluding hydrogens is 598 g/mol. The summed E-state index contributed by atoms with van der Waals surface area (Å²) in [5.41, 5.74) is 0. The van der Waals surface area contributed by atoms with E-state index in [1.807, 2.05) is 0 Å². The van der Waals surface area contributed by atoms with Crippen molar-refractivity contribution in [2.45, 2.75) is 257 Å². The second kappa shape index (κ2) is 37.6. The summed E-state index contributed by atoms with van der Waals surface area (Å²) in [5, 5.41) is 43.6. The van der Waals surface area contributed by atoms with E-state index in [-0.39, 0.29) is 0 Å². The van der Waals surface area contributed by atoms with E-state index >= 15 is 0 Å². The Hall–Kier alpha value is -0.690. The van der Waals surface area contributed by atoms with Crippen molar-refractivity contribution < 1.29 is 25.2 Å². The smallest absolute Gasteiger partial charge is 0.249 e. The van der Waals surface area contributed by atoms with Gasteiger partial charge in [-0.3, -0.25) is 4.79 Å². The van der Waals surface area contributed by atoms with Gasteiger partial charge in [0.25, 0.3) is 0 Å². The minimum absolute atomic E-state index is 0.375. The standard InChI is InChI=1S/C42H85NO5/c1-3-5-7-9-11-13-15-17-18-19-20-21-22-23-24-26-28-30-32-34-36-40(46)42(48)43-38(37-44)41(47)39(45)35-33-31-29-27-25-16-14-12-10-8-6-4-2/h38-41,44-47H,3-37H2,1-2H3,(H,43,48)/t38-,39+,40-,41-/m0/s1. The van der Waals surface area contributed by atoms with Crippen LogP contribution in [0.3, 0.4) is 0 Å². The van der Waals surface area contributed by atoms with E-state index in [1.54, 1.807) is 0 Å². The minimum Gasteiger partial charge on any atom is -0.394 e. The molecule has 6 nitrogen and oxygen atoms in total. The van der Waals surface area contributed by atoms with Crippen LogP contribution in [-0.4, -0.2) is 57.3 Å². The van der Waals surface area contributed by atoms with Crippen molar-refractivity contribution in [1.29, 1.82) is 0 Å². The molecule has 288 valence electrons. The van der Waals surface area contributed by atoms with Gasteiger partial charge in [0.05, 0.1) is 18.8 Å². The number of hydrogen-bond donors (Lipinski definition) is 5. The van der Waals surface area contributed by atoms with Gasteiger partial charge in [0.2, 0.25) is 5.91 Å². The topological polar surface area (TPSA) is 110 Å². The molecule has 0 aromatic heterocycles. The van der Waals surface area contributed by atoms with Crippen molar-refractivity contribution in [3.05, 3.63) is 0 Å². The third-order valence-corrected chi connectivity index (χ3v) is 10.3. The Morgan fingerprint density at radius 3 is 1.00 bits per heavy atom. The van der Waals surface area contributed by atoms with Crippen molar-refractivity contribution in [3.63, 3.8) is 0 Å². The molecule has 1 amide bonds. The average Bonchev–Trinajstić information content (AvgIpc) is 3.09. The van der Waals surface area contributed by atoms with Gasteiger partial charge >= 0.3 is 0 Å². The maximum absolute atomic E-state index is 12.5. The number of rotatable bonds is 39. The van der Waals surface area contributed by atoms with Crippen molar-refractivity contribution in [2.75, 3.05) is 6.61 Å². The molecule has 0 rings (SSSR count). The third-order valence-electron chi connectivity index (χ3n) is 10.3. The van der Waals surface area contributed by atoms with E-state index in [0.29, 0.717) is 12.8 Å². The lowest BCUT2D eigenvalue weighted by Crippen LogP contribution is -2.53. The number of unbranched alkanes of at least 4 members (excludes halogenated alkanes) is 30. The Morgan fingerprint density at radius 2 is 0.708 bits per heavy atom. The summed E-state index contributed by atoms with van der Waals surface area (Å²) in [6.07, 6.45) is 38.4. The van der Waals surface area contributed by atoms with Crippen LogP contribution in [-0.2, 0) is 4.79 Å². The Kier molecular flexibility index (Phi) is 37.0. The first kappa shape index (κ1) is 47.3. The highest BCUT2D eigenvalue weighted by molar-refractivity contribution is 5.80. The van der Waals surface area contributed by atoms with Crippen LogP contribution in [0.2, 0.25) is 0 Å². The fraction of sp³-hybridized carbons (Fsp3) is 0.976. The van der Waals surface area contributed by atoms with Gasteiger partial charge in [-0.1, -0.05) is 219 Å². The molecule has 6 heteroatoms. The average molecular weight is 684 g/mol. The van der Waals surface area contributed by atoms with Gasteiger partial charge in [-0.05, 0) is 12.8 Å². The first-order valence-electron chi connectivity index (χ1n) is 21.4. The van der Waals surface area contributed by atoms with E-state index < -0.39 is 36.9 Å². The minimum atomic E-state index is -1.25. The number of aliphatic hydroxyl groups excluding tert-OH is 4. The molecule has 4 atom stereocenters. The molecule has 0 aromatic carbocycles. The molecule has 0 heterocycles. The molecule has 0 radical (unpaired) electrons. The summed E-state index contributed by atoms with van der Waals surface area (Å²) >= 11 is 0. The van der Waals surface area contributed by atoms with Crippen LogP contribution in [0.4, 0.5) is 0 Å². The predicted molar refractivity (Wildman–Crippen MR) is 205 cm³/mol. The fourth-order valence-electron chi connectivity index (χ4n) is 6.88. The van der Waals surface area contributed by atoms with Crippen LogP contribution in [0.5, 0.6) is 0 Å². The highest BCUT2D eigenvalue weighted by Crippen LogP contribution is 2.17. The van der Waals surface area contributed by atoms with Crippen LogP contribution < -0.4 is 5.32 Å². The number of aliphatic hydroxyl groups is 4. The second-order valence-electron chi connectivity index (χ2n) is 15.1. The van der Waals surface area contributed by atoms with E-state index in [0.717, 1.165) is 38.5 Å². The van der Waals surface area contributed by atoms with E-state index in [2.05, 4.69) is 19.2 Å². The lowest BCUT2D eigenvalue weighted by atomic mass is 9.99. The Labute approximate surface area is 299 Å². The molecule has 5 N–H and O–H groups in total. The molecule has 0 aromatic rings. The lowest BCUT2D eigenvalue weighted by Gasteiger charge is -2.27. The summed E-state index contributed by atoms with van der Waals surface area (Å²) in [4.78, 5) is 12.5. The Balaban J connectivity index is 3.68. The molecule has 48 heavy (non-hydrogen) atoms. The molecule has 0 bridgehead atoms. The van der Waals surface area contributed by atoms with E-state index in [1.165, 1.54) is 167 Å². The van der Waals surface area contributed by atoms with Gasteiger partial charge in [-0.2, -0.15) is 0 Å². The van der Waals surface area contributed by atoms with Crippen LogP contribution in [0.25, 0.3) is 0 Å². The Bertz CT molecular complexity index is 648. The van der Waals surface area contributed by atoms with Crippen LogP contribution >= 0.6 is 0 Å². The highest BCUT2D eigenvalue weighted by Gasteiger charge is 2.28. The van der Waals surface area contributed by atoms with Gasteiger partial charge < -0.3 is 25.7 Å². The number of nitrogens with one attached hydrogen (secondary N) is 1. The summed E-state index contributed by atoms with van der Waals surface area (Å²) in [5.74, 6) is -0.580. The molecule has 0 aliphatic rings. The molecule has 0 saturated carbocycles. The van der Waals surface area contributed by atoms with Gasteiger partial charge in [-0.25, -0.2) is 0 Å². The summed E-state index contributed by atoms with van der Waals surface area (Å²) in [7, 11) is 0. The number of carbonyl (C=O) groups is 1. The van der Waals surface area contributed by atoms with Crippen molar-refractivity contribution in [2.24, 2.45) is 0 Å². The molecule has 0 spiro atoms. The first-order valence-corrected chi connectivity index (χ1v) is 21.4. The van der Waals surface area contributed by atoms with Gasteiger partial charge in [-0.15, -0.1) is 0 Å². The zero-order valence-corrected chi connectivity index (χ0v) is 32.3. The van der Waals surface area contributed by atoms with Crippen molar-refractivity contribution in [1.82, 2.24) is 5.32 Å². The molecular formula is C42H85NO5. The van der Waals surface area contributed by atoms with Gasteiger partial charge in [0.15, 0.2) is 0 Å². The highest BCUT2D eigenvalue weighted by atomic mass is 16.3. The largest absolute Gasteiger partial charge is 0.394 e. The predicted octanol–water partition coefficient (Wildman–Crippen LogP) is 10.8. The van der Waals surface area contributed by atoms with E-state index in [4.69, 9.17) is 0 Å². The number of carbonyl (C=O) groups excluding carboxylic acids is 1.